The maximum Gasteiger partial charge on any atom is 0.364 e. The van der Waals surface area contributed by atoms with Crippen LogP contribution in [-0.2, 0) is 43.5 Å². The van der Waals surface area contributed by atoms with Crippen LogP contribution in [0.4, 0.5) is 0 Å². The summed E-state index contributed by atoms with van der Waals surface area (Å²) in [6.45, 7) is 2.04. The van der Waals surface area contributed by atoms with Crippen LogP contribution in [0.25, 0.3) is 0 Å². The average Bonchev–Trinajstić information content (AvgIpc) is 3.99. The van der Waals surface area contributed by atoms with E-state index in [1.54, 1.807) is 38.2 Å². The molecule has 3 fully saturated rings. The number of carboxylic acid groups (broad SMARTS) is 1. The van der Waals surface area contributed by atoms with Gasteiger partial charge in [0.2, 0.25) is 11.8 Å². The van der Waals surface area contributed by atoms with Gasteiger partial charge in [-0.25, -0.2) is 14.2 Å². The number of aliphatic hydroxyl groups is 3. The number of aryl methyl sites for hydroxylation is 2. The summed E-state index contributed by atoms with van der Waals surface area (Å²) in [7, 11) is 0. The monoisotopic (exact) mass is 945 g/mol. The van der Waals surface area contributed by atoms with E-state index in [0.29, 0.717) is 36.1 Å². The number of benzene rings is 1. The molecule has 1 aromatic carbocycles. The van der Waals surface area contributed by atoms with Gasteiger partial charge in [0.1, 0.15) is 42.4 Å². The van der Waals surface area contributed by atoms with E-state index in [1.165, 1.54) is 33.9 Å². The first-order valence-corrected chi connectivity index (χ1v) is 22.9. The summed E-state index contributed by atoms with van der Waals surface area (Å²) in [5, 5.41) is 82.9. The Morgan fingerprint density at radius 1 is 0.868 bits per heavy atom. The molecule has 23 heteroatoms. The van der Waals surface area contributed by atoms with Crippen molar-refractivity contribution in [3.63, 3.8) is 0 Å². The molecule has 23 nitrogen and oxygen atoms in total. The molecule has 2 aliphatic carbocycles. The molecule has 0 spiro atoms. The second kappa shape index (κ2) is 22.1. The molecule has 1 aliphatic heterocycles. The standard InChI is InChI=1S/C45H59N11O12/c1-25-16-28(17-26(2)39(25)61)42(63)48-20-34(58)40(62)41-38(50-37(60)24-56-22-32(52-54-56)27-10-4-3-5-11-27)33(57)18-45(68-41,44(65)66)67-35-14-7-6-12-30(35)49-36(59)23-55-21-29(51-53-55)19-47-43(64)31-13-8-9-15-46-31/h8-9,13,15-17,21-22,27,30,33-35,38,40-41,57-58,61-62H,3-7,10-12,14,18-20,23-24H2,1-2H3,(H,47,64)(H,48,63)(H,49,59)(H,50,60)(H,65,66)/t30?,33-,34+,35?,38+,40+,41+,45+/m0/s1. The lowest BCUT2D eigenvalue weighted by atomic mass is 9.87. The van der Waals surface area contributed by atoms with Gasteiger partial charge in [0, 0.05) is 36.8 Å². The molecular formula is C45H59N11O12. The minimum Gasteiger partial charge on any atom is -0.507 e. The van der Waals surface area contributed by atoms with Crippen molar-refractivity contribution in [1.29, 1.82) is 0 Å². The molecule has 3 aliphatic rings. The molecule has 4 heterocycles. The number of aromatic hydroxyl groups is 1. The van der Waals surface area contributed by atoms with E-state index in [1.807, 2.05) is 0 Å². The molecule has 68 heavy (non-hydrogen) atoms. The zero-order valence-corrected chi connectivity index (χ0v) is 37.9. The molecule has 3 aromatic heterocycles. The van der Waals surface area contributed by atoms with Crippen molar-refractivity contribution in [3.8, 4) is 5.75 Å². The number of aliphatic hydroxyl groups excluding tert-OH is 3. The van der Waals surface area contributed by atoms with Crippen molar-refractivity contribution in [2.24, 2.45) is 0 Å². The number of phenolic OH excluding ortho intramolecular Hbond substituents is 1. The lowest BCUT2D eigenvalue weighted by Crippen LogP contribution is -2.69. The highest BCUT2D eigenvalue weighted by molar-refractivity contribution is 5.95. The molecule has 8 atom stereocenters. The molecule has 4 amide bonds. The van der Waals surface area contributed by atoms with Gasteiger partial charge in [0.15, 0.2) is 0 Å². The molecule has 7 rings (SSSR count). The lowest BCUT2D eigenvalue weighted by molar-refractivity contribution is -0.325. The quantitative estimate of drug-likeness (QED) is 0.0647. The van der Waals surface area contributed by atoms with E-state index in [2.05, 4.69) is 46.9 Å². The molecule has 1 saturated heterocycles. The molecule has 2 unspecified atom stereocenters. The average molecular weight is 946 g/mol. The third-order valence-corrected chi connectivity index (χ3v) is 12.7. The number of ether oxygens (including phenoxy) is 2. The normalized spacial score (nSPS) is 24.0. The van der Waals surface area contributed by atoms with Crippen molar-refractivity contribution >= 4 is 29.6 Å². The van der Waals surface area contributed by atoms with Crippen molar-refractivity contribution in [2.75, 3.05) is 6.54 Å². The minimum absolute atomic E-state index is 0.0144. The largest absolute Gasteiger partial charge is 0.507 e. The molecule has 9 N–H and O–H groups in total. The smallest absolute Gasteiger partial charge is 0.364 e. The van der Waals surface area contributed by atoms with E-state index in [9.17, 15) is 49.5 Å². The van der Waals surface area contributed by atoms with Gasteiger partial charge >= 0.3 is 5.97 Å². The van der Waals surface area contributed by atoms with E-state index in [4.69, 9.17) is 9.47 Å². The number of pyridine rings is 1. The van der Waals surface area contributed by atoms with Gasteiger partial charge in [-0.2, -0.15) is 0 Å². The Balaban J connectivity index is 1.04. The fraction of sp³-hybridized carbons (Fsp3) is 0.556. The molecule has 0 bridgehead atoms. The number of carbonyl (C=O) groups excluding carboxylic acids is 4. The number of carbonyl (C=O) groups is 5. The van der Waals surface area contributed by atoms with E-state index in [-0.39, 0.29) is 49.0 Å². The Morgan fingerprint density at radius 3 is 2.25 bits per heavy atom. The SMILES string of the molecule is Cc1cc(C(=O)NC[C@@H](O)[C@@H](O)[C@@H]2O[C@@](OC3CCCCC3NC(=O)Cn3cc(CNC(=O)c4ccccn4)nn3)(C(=O)O)C[C@H](O)[C@H]2NC(=O)Cn2cc(C3CCCCC3)nn2)cc(C)c1O. The number of aromatic nitrogens is 7. The lowest BCUT2D eigenvalue weighted by Gasteiger charge is -2.48. The maximum atomic E-state index is 13.6. The Bertz CT molecular complexity index is 2390. The Labute approximate surface area is 391 Å². The number of nitrogens with one attached hydrogen (secondary N) is 4. The summed E-state index contributed by atoms with van der Waals surface area (Å²) in [5.41, 5.74) is 2.38. The fourth-order valence-corrected chi connectivity index (χ4v) is 9.07. The van der Waals surface area contributed by atoms with Gasteiger partial charge in [0.25, 0.3) is 17.6 Å². The summed E-state index contributed by atoms with van der Waals surface area (Å²) in [6.07, 6.45) is 2.52. The molecule has 366 valence electrons. The van der Waals surface area contributed by atoms with Crippen LogP contribution in [0.5, 0.6) is 5.75 Å². The van der Waals surface area contributed by atoms with Crippen LogP contribution < -0.4 is 21.3 Å². The summed E-state index contributed by atoms with van der Waals surface area (Å²) < 4.78 is 15.0. The number of hydrogen-bond acceptors (Lipinski definition) is 16. The van der Waals surface area contributed by atoms with Crippen LogP contribution >= 0.6 is 0 Å². The number of carboxylic acids is 1. The molecule has 0 radical (unpaired) electrons. The first-order chi connectivity index (χ1) is 32.6. The zero-order chi connectivity index (χ0) is 48.5. The van der Waals surface area contributed by atoms with Crippen LogP contribution in [0, 0.1) is 13.8 Å². The first kappa shape index (κ1) is 49.5. The van der Waals surface area contributed by atoms with Gasteiger partial charge in [0.05, 0.1) is 48.8 Å². The predicted molar refractivity (Wildman–Crippen MR) is 236 cm³/mol. The van der Waals surface area contributed by atoms with Crippen molar-refractivity contribution in [3.05, 3.63) is 82.7 Å². The molecule has 2 saturated carbocycles. The summed E-state index contributed by atoms with van der Waals surface area (Å²) in [5.74, 6) is -6.39. The van der Waals surface area contributed by atoms with Crippen molar-refractivity contribution in [2.45, 2.75) is 152 Å². The summed E-state index contributed by atoms with van der Waals surface area (Å²) in [4.78, 5) is 69.9. The number of nitrogens with zero attached hydrogens (tertiary/aromatic N) is 7. The van der Waals surface area contributed by atoms with E-state index >= 15 is 0 Å². The fourth-order valence-electron chi connectivity index (χ4n) is 9.07. The Kier molecular flexibility index (Phi) is 16.1. The second-order valence-electron chi connectivity index (χ2n) is 17.8. The van der Waals surface area contributed by atoms with E-state index in [0.717, 1.165) is 37.8 Å². The predicted octanol–water partition coefficient (Wildman–Crippen LogP) is 0.276. The van der Waals surface area contributed by atoms with Crippen LogP contribution in [-0.4, -0.2) is 145 Å². The Morgan fingerprint density at radius 2 is 1.54 bits per heavy atom. The number of phenols is 1. The molecular weight excluding hydrogens is 887 g/mol. The highest BCUT2D eigenvalue weighted by atomic mass is 16.7. The third kappa shape index (κ3) is 12.2. The van der Waals surface area contributed by atoms with Gasteiger partial charge < -0.3 is 56.3 Å². The zero-order valence-electron chi connectivity index (χ0n) is 37.9. The van der Waals surface area contributed by atoms with Crippen LogP contribution in [0.3, 0.4) is 0 Å². The minimum atomic E-state index is -2.66. The topological polar surface area (TPSA) is 327 Å². The number of rotatable bonds is 18. The van der Waals surface area contributed by atoms with Gasteiger partial charge in [-0.3, -0.25) is 24.2 Å². The van der Waals surface area contributed by atoms with Gasteiger partial charge in [-0.05, 0) is 74.9 Å². The number of hydrogen-bond donors (Lipinski definition) is 9. The van der Waals surface area contributed by atoms with Crippen molar-refractivity contribution in [1.82, 2.24) is 56.2 Å². The first-order valence-electron chi connectivity index (χ1n) is 22.9. The van der Waals surface area contributed by atoms with Crippen molar-refractivity contribution < 1.29 is 59.0 Å². The van der Waals surface area contributed by atoms with Gasteiger partial charge in [-0.15, -0.1) is 10.2 Å². The summed E-state index contributed by atoms with van der Waals surface area (Å²) >= 11 is 0. The van der Waals surface area contributed by atoms with Crippen LogP contribution in [0.2, 0.25) is 0 Å². The third-order valence-electron chi connectivity index (χ3n) is 12.7. The highest BCUT2D eigenvalue weighted by Gasteiger charge is 2.57. The Hall–Kier alpha value is -6.40. The summed E-state index contributed by atoms with van der Waals surface area (Å²) in [6, 6.07) is 5.55. The second-order valence-corrected chi connectivity index (χ2v) is 17.8. The number of amides is 4. The van der Waals surface area contributed by atoms with Crippen LogP contribution in [0.15, 0.2) is 48.9 Å². The van der Waals surface area contributed by atoms with Crippen LogP contribution in [0.1, 0.15) is 113 Å². The molecule has 4 aromatic rings. The van der Waals surface area contributed by atoms with E-state index < -0.39 is 91.0 Å². The highest BCUT2D eigenvalue weighted by Crippen LogP contribution is 2.37. The van der Waals surface area contributed by atoms with Gasteiger partial charge in [-0.1, -0.05) is 48.6 Å². The number of aliphatic carboxylic acids is 1. The maximum absolute atomic E-state index is 13.6.